The van der Waals surface area contributed by atoms with Gasteiger partial charge < -0.3 is 11.1 Å². The van der Waals surface area contributed by atoms with Gasteiger partial charge in [-0.2, -0.15) is 0 Å². The molecular formula is C13H20N4O2S. The van der Waals surface area contributed by atoms with E-state index in [1.54, 1.807) is 24.3 Å². The molecule has 7 heteroatoms. The van der Waals surface area contributed by atoms with Crippen LogP contribution in [0.5, 0.6) is 0 Å². The van der Waals surface area contributed by atoms with Crippen molar-refractivity contribution in [3.63, 3.8) is 0 Å². The van der Waals surface area contributed by atoms with Crippen LogP contribution in [0.15, 0.2) is 34.2 Å². The molecule has 6 nitrogen and oxygen atoms in total. The van der Waals surface area contributed by atoms with Crippen molar-refractivity contribution in [2.24, 2.45) is 10.7 Å². The number of sulfonamides is 1. The number of benzene rings is 1. The smallest absolute Gasteiger partial charge is 0.242 e. The minimum absolute atomic E-state index is 0.277. The molecule has 0 saturated heterocycles. The highest BCUT2D eigenvalue weighted by Crippen LogP contribution is 2.18. The molecule has 0 spiro atoms. The van der Waals surface area contributed by atoms with Crippen molar-refractivity contribution < 1.29 is 8.42 Å². The minimum Gasteiger partial charge on any atom is -0.370 e. The molecule has 2 rings (SSSR count). The maximum absolute atomic E-state index is 11.9. The van der Waals surface area contributed by atoms with Crippen molar-refractivity contribution in [1.82, 2.24) is 9.62 Å². The molecule has 20 heavy (non-hydrogen) atoms. The van der Waals surface area contributed by atoms with Gasteiger partial charge in [0.25, 0.3) is 0 Å². The van der Waals surface area contributed by atoms with Gasteiger partial charge in [0.1, 0.15) is 0 Å². The van der Waals surface area contributed by atoms with Gasteiger partial charge in [-0.15, -0.1) is 0 Å². The molecule has 0 amide bonds. The van der Waals surface area contributed by atoms with Crippen molar-refractivity contribution >= 4 is 16.0 Å². The molecule has 3 N–H and O–H groups in total. The molecule has 0 aliphatic heterocycles. The number of aliphatic imine (C=N–C) groups is 1. The van der Waals surface area contributed by atoms with E-state index in [4.69, 9.17) is 5.73 Å². The molecular weight excluding hydrogens is 276 g/mol. The standard InChI is InChI=1S/C13H20N4O2S/c1-17(2)20(18,19)12-7-3-10(4-8-12)9-15-13(14)16-11-5-6-11/h3-4,7-8,11H,5-6,9H2,1-2H3,(H3,14,15,16). The normalized spacial score (nSPS) is 16.4. The van der Waals surface area contributed by atoms with Crippen molar-refractivity contribution in [2.45, 2.75) is 30.3 Å². The summed E-state index contributed by atoms with van der Waals surface area (Å²) in [6.07, 6.45) is 2.29. The number of nitrogens with one attached hydrogen (secondary N) is 1. The molecule has 0 radical (unpaired) electrons. The summed E-state index contributed by atoms with van der Waals surface area (Å²) in [6.45, 7) is 0.438. The van der Waals surface area contributed by atoms with Crippen molar-refractivity contribution in [2.75, 3.05) is 14.1 Å². The van der Waals surface area contributed by atoms with E-state index in [1.165, 1.54) is 18.4 Å². The van der Waals surface area contributed by atoms with Gasteiger partial charge in [-0.3, -0.25) is 0 Å². The van der Waals surface area contributed by atoms with E-state index in [9.17, 15) is 8.42 Å². The molecule has 1 aliphatic rings. The van der Waals surface area contributed by atoms with Crippen LogP contribution >= 0.6 is 0 Å². The highest BCUT2D eigenvalue weighted by molar-refractivity contribution is 7.89. The summed E-state index contributed by atoms with van der Waals surface area (Å²) >= 11 is 0. The molecule has 1 aromatic carbocycles. The van der Waals surface area contributed by atoms with Gasteiger partial charge in [0, 0.05) is 20.1 Å². The van der Waals surface area contributed by atoms with E-state index < -0.39 is 10.0 Å². The molecule has 0 heterocycles. The fourth-order valence-electron chi connectivity index (χ4n) is 1.64. The zero-order valence-electron chi connectivity index (χ0n) is 11.7. The van der Waals surface area contributed by atoms with E-state index in [-0.39, 0.29) is 4.90 Å². The molecule has 0 bridgehead atoms. The first kappa shape index (κ1) is 14.8. The lowest BCUT2D eigenvalue weighted by Crippen LogP contribution is -2.33. The third-order valence-electron chi connectivity index (χ3n) is 3.06. The molecule has 0 aromatic heterocycles. The summed E-state index contributed by atoms with van der Waals surface area (Å²) in [7, 11) is -0.349. The molecule has 0 atom stereocenters. The van der Waals surface area contributed by atoms with Gasteiger partial charge in [0.05, 0.1) is 11.4 Å². The third-order valence-corrected chi connectivity index (χ3v) is 4.89. The maximum atomic E-state index is 11.9. The van der Waals surface area contributed by atoms with Crippen LogP contribution in [-0.2, 0) is 16.6 Å². The van der Waals surface area contributed by atoms with Crippen LogP contribution in [0.4, 0.5) is 0 Å². The second kappa shape index (κ2) is 5.80. The molecule has 110 valence electrons. The summed E-state index contributed by atoms with van der Waals surface area (Å²) in [5, 5.41) is 3.10. The molecule has 1 saturated carbocycles. The van der Waals surface area contributed by atoms with Gasteiger partial charge in [-0.25, -0.2) is 17.7 Å². The van der Waals surface area contributed by atoms with Crippen LogP contribution in [0.25, 0.3) is 0 Å². The van der Waals surface area contributed by atoms with Crippen LogP contribution < -0.4 is 11.1 Å². The summed E-state index contributed by atoms with van der Waals surface area (Å²) in [5.74, 6) is 0.442. The van der Waals surface area contributed by atoms with E-state index >= 15 is 0 Å². The van der Waals surface area contributed by atoms with Gasteiger partial charge >= 0.3 is 0 Å². The van der Waals surface area contributed by atoms with Gasteiger partial charge in [-0.05, 0) is 30.5 Å². The Labute approximate surface area is 119 Å². The van der Waals surface area contributed by atoms with Crippen LogP contribution in [0.1, 0.15) is 18.4 Å². The predicted molar refractivity (Wildman–Crippen MR) is 78.8 cm³/mol. The number of hydrogen-bond acceptors (Lipinski definition) is 3. The summed E-state index contributed by atoms with van der Waals surface area (Å²) in [6, 6.07) is 7.16. The average Bonchev–Trinajstić information content (AvgIpc) is 3.20. The number of nitrogens with two attached hydrogens (primary N) is 1. The summed E-state index contributed by atoms with van der Waals surface area (Å²) < 4.78 is 25.0. The van der Waals surface area contributed by atoms with Gasteiger partial charge in [0.15, 0.2) is 5.96 Å². The van der Waals surface area contributed by atoms with Crippen LogP contribution in [-0.4, -0.2) is 38.8 Å². The molecule has 1 aliphatic carbocycles. The monoisotopic (exact) mass is 296 g/mol. The Morgan fingerprint density at radius 3 is 2.45 bits per heavy atom. The van der Waals surface area contributed by atoms with E-state index in [2.05, 4.69) is 10.3 Å². The topological polar surface area (TPSA) is 87.8 Å². The fraction of sp³-hybridized carbons (Fsp3) is 0.462. The number of rotatable bonds is 5. The van der Waals surface area contributed by atoms with E-state index in [1.807, 2.05) is 0 Å². The number of nitrogens with zero attached hydrogens (tertiary/aromatic N) is 2. The highest BCUT2D eigenvalue weighted by Gasteiger charge is 2.21. The van der Waals surface area contributed by atoms with E-state index in [0.717, 1.165) is 18.4 Å². The van der Waals surface area contributed by atoms with Crippen LogP contribution in [0, 0.1) is 0 Å². The van der Waals surface area contributed by atoms with Gasteiger partial charge in [0.2, 0.25) is 10.0 Å². The number of guanidine groups is 1. The van der Waals surface area contributed by atoms with E-state index in [0.29, 0.717) is 18.5 Å². The summed E-state index contributed by atoms with van der Waals surface area (Å²) in [4.78, 5) is 4.50. The van der Waals surface area contributed by atoms with Crippen molar-refractivity contribution in [1.29, 1.82) is 0 Å². The second-order valence-corrected chi connectivity index (χ2v) is 7.20. The first-order valence-corrected chi connectivity index (χ1v) is 7.91. The average molecular weight is 296 g/mol. The Hall–Kier alpha value is -1.60. The predicted octanol–water partition coefficient (Wildman–Crippen LogP) is 0.504. The quantitative estimate of drug-likeness (QED) is 0.612. The van der Waals surface area contributed by atoms with Gasteiger partial charge in [-0.1, -0.05) is 12.1 Å². The first-order chi connectivity index (χ1) is 9.39. The van der Waals surface area contributed by atoms with Crippen LogP contribution in [0.3, 0.4) is 0 Å². The second-order valence-electron chi connectivity index (χ2n) is 5.05. The zero-order valence-corrected chi connectivity index (χ0v) is 12.5. The van der Waals surface area contributed by atoms with Crippen molar-refractivity contribution in [3.8, 4) is 0 Å². The lowest BCUT2D eigenvalue weighted by Gasteiger charge is -2.11. The molecule has 0 unspecified atom stereocenters. The zero-order chi connectivity index (χ0) is 14.8. The van der Waals surface area contributed by atoms with Crippen molar-refractivity contribution in [3.05, 3.63) is 29.8 Å². The van der Waals surface area contributed by atoms with Crippen LogP contribution in [0.2, 0.25) is 0 Å². The Morgan fingerprint density at radius 1 is 1.35 bits per heavy atom. The first-order valence-electron chi connectivity index (χ1n) is 6.47. The third kappa shape index (κ3) is 3.71. The Morgan fingerprint density at radius 2 is 1.95 bits per heavy atom. The Bertz CT molecular complexity index is 589. The lowest BCUT2D eigenvalue weighted by atomic mass is 10.2. The largest absolute Gasteiger partial charge is 0.370 e. The molecule has 1 fully saturated rings. The number of hydrogen-bond donors (Lipinski definition) is 2. The highest BCUT2D eigenvalue weighted by atomic mass is 32.2. The Balaban J connectivity index is 2.01. The molecule has 1 aromatic rings. The lowest BCUT2D eigenvalue weighted by molar-refractivity contribution is 0.520. The Kier molecular flexibility index (Phi) is 4.29. The summed E-state index contributed by atoms with van der Waals surface area (Å²) in [5.41, 5.74) is 6.66. The maximum Gasteiger partial charge on any atom is 0.242 e. The minimum atomic E-state index is -3.37. The SMILES string of the molecule is CN(C)S(=O)(=O)c1ccc(CN=C(N)NC2CC2)cc1. The fourth-order valence-corrected chi connectivity index (χ4v) is 2.54.